The van der Waals surface area contributed by atoms with Crippen molar-refractivity contribution in [1.29, 1.82) is 0 Å². The van der Waals surface area contributed by atoms with Gasteiger partial charge in [-0.25, -0.2) is 15.6 Å². The number of carbonyl (C=O) groups excluding carboxylic acids is 2. The van der Waals surface area contributed by atoms with Crippen molar-refractivity contribution in [3.05, 3.63) is 71.3 Å². The molecule has 0 bridgehead atoms. The number of nitrogens with zero attached hydrogens (tertiary/aromatic N) is 1. The van der Waals surface area contributed by atoms with E-state index in [0.717, 1.165) is 5.56 Å². The van der Waals surface area contributed by atoms with Crippen LogP contribution in [0.3, 0.4) is 0 Å². The van der Waals surface area contributed by atoms with Gasteiger partial charge < -0.3 is 0 Å². The number of rotatable bonds is 4. The normalized spacial score (nSPS) is 10.6. The van der Waals surface area contributed by atoms with Gasteiger partial charge in [0.05, 0.1) is 6.21 Å². The van der Waals surface area contributed by atoms with E-state index in [2.05, 4.69) is 35.2 Å². The summed E-state index contributed by atoms with van der Waals surface area (Å²) < 4.78 is 0. The van der Waals surface area contributed by atoms with Gasteiger partial charge in [-0.2, -0.15) is 5.10 Å². The van der Waals surface area contributed by atoms with Crippen LogP contribution in [0.25, 0.3) is 0 Å². The molecule has 6 heteroatoms. The minimum atomic E-state index is -0.630. The van der Waals surface area contributed by atoms with Crippen molar-refractivity contribution in [2.24, 2.45) is 5.10 Å². The van der Waals surface area contributed by atoms with Gasteiger partial charge in [0, 0.05) is 5.56 Å². The zero-order valence-electron chi connectivity index (χ0n) is 13.6. The zero-order valence-corrected chi connectivity index (χ0v) is 13.6. The number of amides is 3. The van der Waals surface area contributed by atoms with Crippen molar-refractivity contribution >= 4 is 18.2 Å². The van der Waals surface area contributed by atoms with Crippen LogP contribution in [0.1, 0.15) is 41.3 Å². The summed E-state index contributed by atoms with van der Waals surface area (Å²) in [6.07, 6.45) is 1.53. The average molecular weight is 324 g/mol. The number of benzene rings is 2. The fraction of sp³-hybridized carbons (Fsp3) is 0.167. The van der Waals surface area contributed by atoms with Gasteiger partial charge in [-0.1, -0.05) is 56.3 Å². The van der Waals surface area contributed by atoms with Gasteiger partial charge in [-0.15, -0.1) is 0 Å². The molecule has 2 rings (SSSR count). The van der Waals surface area contributed by atoms with E-state index in [1.165, 1.54) is 11.8 Å². The largest absolute Gasteiger partial charge is 0.353 e. The summed E-state index contributed by atoms with van der Waals surface area (Å²) in [5.41, 5.74) is 9.36. The second-order valence-corrected chi connectivity index (χ2v) is 5.47. The maximum absolute atomic E-state index is 11.7. The lowest BCUT2D eigenvalue weighted by molar-refractivity contribution is 0.0936. The van der Waals surface area contributed by atoms with Crippen LogP contribution in [0.2, 0.25) is 0 Å². The highest BCUT2D eigenvalue weighted by Crippen LogP contribution is 2.13. The Labute approximate surface area is 140 Å². The molecule has 0 fully saturated rings. The van der Waals surface area contributed by atoms with E-state index < -0.39 is 11.9 Å². The van der Waals surface area contributed by atoms with E-state index in [9.17, 15) is 9.59 Å². The molecule has 0 aliphatic heterocycles. The van der Waals surface area contributed by atoms with Crippen molar-refractivity contribution in [1.82, 2.24) is 16.3 Å². The van der Waals surface area contributed by atoms with Gasteiger partial charge in [0.15, 0.2) is 0 Å². The summed E-state index contributed by atoms with van der Waals surface area (Å²) in [6, 6.07) is 15.8. The molecule has 0 atom stereocenters. The summed E-state index contributed by atoms with van der Waals surface area (Å²) in [4.78, 5) is 23.3. The van der Waals surface area contributed by atoms with Gasteiger partial charge >= 0.3 is 6.03 Å². The molecular formula is C18H20N4O2. The summed E-state index contributed by atoms with van der Waals surface area (Å²) in [7, 11) is 0. The molecule has 124 valence electrons. The maximum atomic E-state index is 11.7. The Morgan fingerprint density at radius 2 is 1.62 bits per heavy atom. The molecular weight excluding hydrogens is 304 g/mol. The van der Waals surface area contributed by atoms with Gasteiger partial charge in [0.2, 0.25) is 0 Å². The predicted octanol–water partition coefficient (Wildman–Crippen LogP) is 2.79. The summed E-state index contributed by atoms with van der Waals surface area (Å²) in [5, 5.41) is 3.83. The quantitative estimate of drug-likeness (QED) is 0.597. The topological polar surface area (TPSA) is 82.6 Å². The Balaban J connectivity index is 1.77. The minimum absolute atomic E-state index is 0.404. The molecule has 0 aliphatic rings. The third kappa shape index (κ3) is 5.24. The number of nitrogens with one attached hydrogen (secondary N) is 3. The van der Waals surface area contributed by atoms with Crippen molar-refractivity contribution in [3.63, 3.8) is 0 Å². The smallest absolute Gasteiger partial charge is 0.267 e. The monoisotopic (exact) mass is 324 g/mol. The first-order valence-electron chi connectivity index (χ1n) is 7.60. The SMILES string of the molecule is CC(C)c1ccc(C=NNC(=O)NNC(=O)c2ccccc2)cc1. The first kappa shape index (κ1) is 17.2. The fourth-order valence-electron chi connectivity index (χ4n) is 1.94. The van der Waals surface area contributed by atoms with Crippen LogP contribution < -0.4 is 16.3 Å². The standard InChI is InChI=1S/C18H20N4O2/c1-13(2)15-10-8-14(9-11-15)12-19-21-18(24)22-20-17(23)16-6-4-3-5-7-16/h3-13H,1-2H3,(H,20,23)(H2,21,22,24). The summed E-state index contributed by atoms with van der Waals surface area (Å²) >= 11 is 0. The van der Waals surface area contributed by atoms with Crippen molar-refractivity contribution < 1.29 is 9.59 Å². The van der Waals surface area contributed by atoms with Crippen LogP contribution in [0.5, 0.6) is 0 Å². The van der Waals surface area contributed by atoms with Crippen molar-refractivity contribution in [2.45, 2.75) is 19.8 Å². The molecule has 24 heavy (non-hydrogen) atoms. The molecule has 0 aliphatic carbocycles. The number of carbonyl (C=O) groups is 2. The van der Waals surface area contributed by atoms with Gasteiger partial charge in [0.1, 0.15) is 0 Å². The molecule has 0 saturated carbocycles. The third-order valence-electron chi connectivity index (χ3n) is 3.31. The minimum Gasteiger partial charge on any atom is -0.267 e. The van der Waals surface area contributed by atoms with E-state index in [-0.39, 0.29) is 0 Å². The van der Waals surface area contributed by atoms with E-state index >= 15 is 0 Å². The Hall–Kier alpha value is -3.15. The molecule has 0 saturated heterocycles. The molecule has 0 aromatic heterocycles. The Bertz CT molecular complexity index is 710. The van der Waals surface area contributed by atoms with E-state index in [0.29, 0.717) is 11.5 Å². The van der Waals surface area contributed by atoms with Gasteiger partial charge in [-0.05, 0) is 29.2 Å². The Morgan fingerprint density at radius 1 is 0.958 bits per heavy atom. The van der Waals surface area contributed by atoms with Crippen molar-refractivity contribution in [3.8, 4) is 0 Å². The lowest BCUT2D eigenvalue weighted by Gasteiger charge is -2.06. The van der Waals surface area contributed by atoms with E-state index in [1.54, 1.807) is 30.3 Å². The number of urea groups is 1. The van der Waals surface area contributed by atoms with Crippen LogP contribution >= 0.6 is 0 Å². The Kier molecular flexibility index (Phi) is 6.08. The lowest BCUT2D eigenvalue weighted by Crippen LogP contribution is -2.45. The molecule has 2 aromatic carbocycles. The molecule has 0 unspecified atom stereocenters. The number of hydrogen-bond donors (Lipinski definition) is 3. The van der Waals surface area contributed by atoms with Gasteiger partial charge in [0.25, 0.3) is 5.91 Å². The van der Waals surface area contributed by atoms with E-state index in [1.807, 2.05) is 24.3 Å². The molecule has 0 heterocycles. The van der Waals surface area contributed by atoms with Crippen molar-refractivity contribution in [2.75, 3.05) is 0 Å². The highest BCUT2D eigenvalue weighted by Gasteiger charge is 2.05. The van der Waals surface area contributed by atoms with Crippen LogP contribution in [-0.2, 0) is 0 Å². The average Bonchev–Trinajstić information content (AvgIpc) is 2.61. The molecule has 6 nitrogen and oxygen atoms in total. The fourth-order valence-corrected chi connectivity index (χ4v) is 1.94. The highest BCUT2D eigenvalue weighted by molar-refractivity contribution is 5.95. The molecule has 3 amide bonds. The number of hydrogen-bond acceptors (Lipinski definition) is 3. The molecule has 0 radical (unpaired) electrons. The molecule has 0 spiro atoms. The predicted molar refractivity (Wildman–Crippen MR) is 93.7 cm³/mol. The van der Waals surface area contributed by atoms with Crippen LogP contribution in [0.15, 0.2) is 59.7 Å². The zero-order chi connectivity index (χ0) is 17.4. The second kappa shape index (κ2) is 8.47. The highest BCUT2D eigenvalue weighted by atomic mass is 16.2. The first-order chi connectivity index (χ1) is 11.6. The van der Waals surface area contributed by atoms with E-state index in [4.69, 9.17) is 0 Å². The number of hydrazine groups is 1. The first-order valence-corrected chi connectivity index (χ1v) is 7.60. The maximum Gasteiger partial charge on any atom is 0.353 e. The third-order valence-corrected chi connectivity index (χ3v) is 3.31. The lowest BCUT2D eigenvalue weighted by atomic mass is 10.0. The second-order valence-electron chi connectivity index (χ2n) is 5.47. The molecule has 3 N–H and O–H groups in total. The van der Waals surface area contributed by atoms with Crippen LogP contribution in [0, 0.1) is 0 Å². The number of hydrazone groups is 1. The Morgan fingerprint density at radius 3 is 2.25 bits per heavy atom. The summed E-state index contributed by atoms with van der Waals surface area (Å²) in [6.45, 7) is 4.25. The molecule has 2 aromatic rings. The van der Waals surface area contributed by atoms with Crippen LogP contribution in [0.4, 0.5) is 4.79 Å². The van der Waals surface area contributed by atoms with Crippen LogP contribution in [-0.4, -0.2) is 18.2 Å². The summed E-state index contributed by atoms with van der Waals surface area (Å²) in [5.74, 6) is 0.0621. The van der Waals surface area contributed by atoms with Gasteiger partial charge in [-0.3, -0.25) is 10.2 Å².